The number of benzene rings is 16. The van der Waals surface area contributed by atoms with Gasteiger partial charge in [-0.15, -0.1) is 0 Å². The normalized spacial score (nSPS) is 11.3. The van der Waals surface area contributed by atoms with Crippen LogP contribution >= 0.6 is 122 Å². The Hall–Kier alpha value is -6.88. The predicted octanol–water partition coefficient (Wildman–Crippen LogP) is 19.1. The lowest BCUT2D eigenvalue weighted by molar-refractivity contribution is 0.823. The molecule has 0 amide bonds. The van der Waals surface area contributed by atoms with Gasteiger partial charge >= 0.3 is 0 Å². The molecule has 0 aliphatic carbocycles. The van der Waals surface area contributed by atoms with Gasteiger partial charge in [-0.05, 0) is 275 Å². The average molecular weight is 1780 g/mol. The van der Waals surface area contributed by atoms with Gasteiger partial charge in [-0.2, -0.15) is 0 Å². The van der Waals surface area contributed by atoms with Crippen molar-refractivity contribution in [3.05, 3.63) is 378 Å². The quantitative estimate of drug-likeness (QED) is 0.0769. The molecule has 0 fully saturated rings. The van der Waals surface area contributed by atoms with Gasteiger partial charge in [-0.25, -0.2) is 0 Å². The molecule has 98 heavy (non-hydrogen) atoms. The van der Waals surface area contributed by atoms with Crippen LogP contribution in [0.2, 0.25) is 0 Å². The van der Waals surface area contributed by atoms with E-state index in [4.69, 9.17) is 0 Å². The van der Waals surface area contributed by atoms with Crippen LogP contribution in [0.5, 0.6) is 0 Å². The topological polar surface area (TPSA) is 63.0 Å². The van der Waals surface area contributed by atoms with Crippen LogP contribution in [0.15, 0.2) is 364 Å². The minimum absolute atomic E-state index is 0. The van der Waals surface area contributed by atoms with Crippen LogP contribution in [0.4, 0.5) is 0 Å². The lowest BCUT2D eigenvalue weighted by Crippen LogP contribution is -2.26. The molecule has 0 aliphatic heterocycles. The van der Waals surface area contributed by atoms with Crippen LogP contribution in [-0.2, 0) is 0 Å². The third-order valence-corrected chi connectivity index (χ3v) is 30.9. The molecule has 10 heteroatoms. The van der Waals surface area contributed by atoms with E-state index in [2.05, 4.69) is 454 Å². The van der Waals surface area contributed by atoms with E-state index < -0.39 is 31.7 Å². The largest absolute Gasteiger partial charge is 0.412 e. The Morgan fingerprint density at radius 1 is 0.153 bits per heavy atom. The minimum Gasteiger partial charge on any atom is -0.412 e. The number of hydrogen-bond acceptors (Lipinski definition) is 0. The molecule has 16 rings (SSSR count). The van der Waals surface area contributed by atoms with Gasteiger partial charge in [-0.3, -0.25) is 0 Å². The van der Waals surface area contributed by atoms with E-state index in [9.17, 15) is 0 Å². The van der Waals surface area contributed by atoms with E-state index in [1.54, 1.807) is 0 Å². The van der Waals surface area contributed by atoms with E-state index in [0.717, 1.165) is 0 Å². The van der Waals surface area contributed by atoms with Crippen molar-refractivity contribution in [2.24, 2.45) is 0 Å². The molecule has 16 aromatic rings. The Labute approximate surface area is 633 Å². The monoisotopic (exact) mass is 1780 g/mol. The highest BCUT2D eigenvalue weighted by Crippen LogP contribution is 2.50. The number of hydrogen-bond donors (Lipinski definition) is 0. The summed E-state index contributed by atoms with van der Waals surface area (Å²) in [4.78, 5) is 0. The Bertz CT molecular complexity index is 4580. The molecular formula is C88H64I4O2P4. The summed E-state index contributed by atoms with van der Waals surface area (Å²) in [5, 5.41) is 26.9. The maximum atomic E-state index is 2.57. The summed E-state index contributed by atoms with van der Waals surface area (Å²) in [6.07, 6.45) is 0. The van der Waals surface area contributed by atoms with Crippen molar-refractivity contribution >= 4 is 229 Å². The number of halogens is 4. The van der Waals surface area contributed by atoms with Crippen molar-refractivity contribution in [1.82, 2.24) is 0 Å². The van der Waals surface area contributed by atoms with Crippen molar-refractivity contribution in [3.63, 3.8) is 0 Å². The molecule has 0 unspecified atom stereocenters. The van der Waals surface area contributed by atoms with Crippen LogP contribution in [-0.4, -0.2) is 11.0 Å². The van der Waals surface area contributed by atoms with Crippen molar-refractivity contribution in [3.8, 4) is 22.3 Å². The van der Waals surface area contributed by atoms with Gasteiger partial charge in [0.25, 0.3) is 0 Å². The van der Waals surface area contributed by atoms with Crippen molar-refractivity contribution < 1.29 is 11.0 Å². The summed E-state index contributed by atoms with van der Waals surface area (Å²) in [7, 11) is -3.53. The zero-order chi connectivity index (χ0) is 64.9. The van der Waals surface area contributed by atoms with Gasteiger partial charge < -0.3 is 11.0 Å². The molecule has 0 bridgehead atoms. The van der Waals surface area contributed by atoms with Crippen LogP contribution in [0.25, 0.3) is 65.3 Å². The highest BCUT2D eigenvalue weighted by Gasteiger charge is 2.32. The standard InChI is InChI=1S/2C44H30I2P2.2H2O/c2*45-39-29-41(47(31-17-5-1-6-18-31)32-19-7-2-8-20-32)43(37-27-15-13-25-35(37)39)44-38-28-16-14-26-36(38)40(46)30-42(44)48(33-21-9-3-10-22-33)34-23-11-4-12-24-34;;/h2*1-30H;2*1H2. The molecule has 0 spiro atoms. The summed E-state index contributed by atoms with van der Waals surface area (Å²) in [6, 6.07) is 135. The van der Waals surface area contributed by atoms with Gasteiger partial charge in [0, 0.05) is 14.3 Å². The van der Waals surface area contributed by atoms with Crippen LogP contribution in [0.1, 0.15) is 0 Å². The second-order valence-corrected chi connectivity index (χ2v) is 36.6. The average Bonchev–Trinajstić information content (AvgIpc) is 0.731. The fourth-order valence-corrected chi connectivity index (χ4v) is 27.5. The third kappa shape index (κ3) is 14.2. The van der Waals surface area contributed by atoms with Crippen molar-refractivity contribution in [2.75, 3.05) is 0 Å². The summed E-state index contributed by atoms with van der Waals surface area (Å²) in [5.74, 6) is 0. The maximum absolute atomic E-state index is 2.57. The highest BCUT2D eigenvalue weighted by molar-refractivity contribution is 14.1. The van der Waals surface area contributed by atoms with Crippen molar-refractivity contribution in [2.45, 2.75) is 0 Å². The zero-order valence-electron chi connectivity index (χ0n) is 52.9. The molecular weight excluding hydrogens is 1720 g/mol. The molecule has 0 saturated carbocycles. The fourth-order valence-electron chi connectivity index (χ4n) is 13.4. The molecule has 0 radical (unpaired) electrons. The van der Waals surface area contributed by atoms with Gasteiger partial charge in [0.2, 0.25) is 0 Å². The first-order valence-corrected chi connectivity index (χ1v) is 41.5. The van der Waals surface area contributed by atoms with Crippen LogP contribution in [0.3, 0.4) is 0 Å². The SMILES string of the molecule is Ic1cc(P(c2ccccc2)c2ccccc2)c(-c2c(P(c3ccccc3)c3ccccc3)cc(I)c3ccccc23)c2ccccc12.Ic1cc(P(c2ccccc2)c2ccccc2)c(-c2c(P(c3ccccc3)c3ccccc3)cc(I)c3ccccc23)c2ccccc12.O.O. The minimum atomic E-state index is -0.883. The Morgan fingerprint density at radius 3 is 0.418 bits per heavy atom. The fraction of sp³-hybridized carbons (Fsp3) is 0. The van der Waals surface area contributed by atoms with E-state index >= 15 is 0 Å². The second-order valence-electron chi connectivity index (χ2n) is 23.2. The van der Waals surface area contributed by atoms with Gasteiger partial charge in [-0.1, -0.05) is 340 Å². The first kappa shape index (κ1) is 69.6. The Morgan fingerprint density at radius 2 is 0.276 bits per heavy atom. The van der Waals surface area contributed by atoms with Gasteiger partial charge in [0.1, 0.15) is 0 Å². The molecule has 4 N–H and O–H groups in total. The zero-order valence-corrected chi connectivity index (χ0v) is 65.1. The maximum Gasteiger partial charge on any atom is 0.0215 e. The summed E-state index contributed by atoms with van der Waals surface area (Å²) in [5.41, 5.74) is 5.41. The van der Waals surface area contributed by atoms with Gasteiger partial charge in [0.05, 0.1) is 0 Å². The lowest BCUT2D eigenvalue weighted by atomic mass is 9.93. The first-order chi connectivity index (χ1) is 47.4. The molecule has 0 aliphatic rings. The van der Waals surface area contributed by atoms with Gasteiger partial charge in [0.15, 0.2) is 0 Å². The predicted molar refractivity (Wildman–Crippen MR) is 467 cm³/mol. The molecule has 0 saturated heterocycles. The lowest BCUT2D eigenvalue weighted by Gasteiger charge is -2.29. The molecule has 476 valence electrons. The molecule has 0 aromatic heterocycles. The summed E-state index contributed by atoms with van der Waals surface area (Å²) < 4.78 is 5.13. The van der Waals surface area contributed by atoms with Crippen molar-refractivity contribution in [1.29, 1.82) is 0 Å². The Kier molecular flexibility index (Phi) is 22.9. The van der Waals surface area contributed by atoms with E-state index in [0.29, 0.717) is 0 Å². The smallest absolute Gasteiger partial charge is 0.0215 e. The van der Waals surface area contributed by atoms with Crippen LogP contribution < -0.4 is 63.7 Å². The molecule has 16 aromatic carbocycles. The molecule has 2 nitrogen and oxygen atoms in total. The summed E-state index contributed by atoms with van der Waals surface area (Å²) in [6.45, 7) is 0. The van der Waals surface area contributed by atoms with E-state index in [1.807, 2.05) is 0 Å². The number of fused-ring (bicyclic) bond motifs is 4. The number of rotatable bonds is 14. The molecule has 0 atom stereocenters. The molecule has 0 heterocycles. The van der Waals surface area contributed by atoms with E-state index in [1.165, 1.54) is 143 Å². The van der Waals surface area contributed by atoms with Crippen LogP contribution in [0, 0.1) is 14.3 Å². The Balaban J connectivity index is 0.000000173. The highest BCUT2D eigenvalue weighted by atomic mass is 127. The third-order valence-electron chi connectivity index (χ3n) is 17.5. The second kappa shape index (κ2) is 32.2. The first-order valence-electron chi connectivity index (χ1n) is 31.8. The van der Waals surface area contributed by atoms with E-state index in [-0.39, 0.29) is 11.0 Å². The summed E-state index contributed by atoms with van der Waals surface area (Å²) >= 11 is 10.3.